The van der Waals surface area contributed by atoms with Crippen LogP contribution in [-0.4, -0.2) is 14.6 Å². The first-order valence-corrected chi connectivity index (χ1v) is 4.13. The summed E-state index contributed by atoms with van der Waals surface area (Å²) in [4.78, 5) is 0. The number of pyridine rings is 1. The van der Waals surface area contributed by atoms with Crippen molar-refractivity contribution in [1.29, 1.82) is 0 Å². The summed E-state index contributed by atoms with van der Waals surface area (Å²) in [6.45, 7) is 0.0441. The third-order valence-electron chi connectivity index (χ3n) is 1.98. The summed E-state index contributed by atoms with van der Waals surface area (Å²) in [5.74, 6) is 0.302. The molecular formula is C8H8ClF3N4. The number of hydrogen-bond acceptors (Lipinski definition) is 3. The molecule has 0 aromatic carbocycles. The van der Waals surface area contributed by atoms with Crippen LogP contribution in [0, 0.1) is 0 Å². The number of alkyl halides is 3. The molecule has 0 aliphatic heterocycles. The van der Waals surface area contributed by atoms with E-state index in [4.69, 9.17) is 5.73 Å². The van der Waals surface area contributed by atoms with Crippen LogP contribution in [0.4, 0.5) is 13.2 Å². The van der Waals surface area contributed by atoms with E-state index < -0.39 is 11.7 Å². The first kappa shape index (κ1) is 12.7. The van der Waals surface area contributed by atoms with Crippen molar-refractivity contribution in [3.63, 3.8) is 0 Å². The zero-order valence-electron chi connectivity index (χ0n) is 7.90. The highest BCUT2D eigenvalue weighted by molar-refractivity contribution is 5.85. The van der Waals surface area contributed by atoms with Crippen LogP contribution in [0.15, 0.2) is 18.3 Å². The quantitative estimate of drug-likeness (QED) is 0.839. The lowest BCUT2D eigenvalue weighted by molar-refractivity contribution is -0.137. The summed E-state index contributed by atoms with van der Waals surface area (Å²) in [6, 6.07) is 2.22. The van der Waals surface area contributed by atoms with Gasteiger partial charge in [0, 0.05) is 6.20 Å². The molecule has 2 aromatic heterocycles. The van der Waals surface area contributed by atoms with Gasteiger partial charge in [-0.1, -0.05) is 0 Å². The second-order valence-corrected chi connectivity index (χ2v) is 2.96. The summed E-state index contributed by atoms with van der Waals surface area (Å²) >= 11 is 0. The molecule has 2 heterocycles. The number of hydrogen-bond donors (Lipinski definition) is 1. The largest absolute Gasteiger partial charge is 0.417 e. The molecule has 8 heteroatoms. The van der Waals surface area contributed by atoms with Gasteiger partial charge in [-0.05, 0) is 12.1 Å². The summed E-state index contributed by atoms with van der Waals surface area (Å²) in [6.07, 6.45) is -3.43. The minimum Gasteiger partial charge on any atom is -0.324 e. The zero-order valence-corrected chi connectivity index (χ0v) is 8.72. The number of aromatic nitrogens is 3. The molecule has 0 aliphatic carbocycles. The molecular weight excluding hydrogens is 245 g/mol. The van der Waals surface area contributed by atoms with Crippen LogP contribution in [0.3, 0.4) is 0 Å². The number of fused-ring (bicyclic) bond motifs is 1. The smallest absolute Gasteiger partial charge is 0.324 e. The van der Waals surface area contributed by atoms with Gasteiger partial charge >= 0.3 is 6.18 Å². The minimum atomic E-state index is -4.37. The van der Waals surface area contributed by atoms with Gasteiger partial charge in [-0.15, -0.1) is 22.6 Å². The van der Waals surface area contributed by atoms with Crippen molar-refractivity contribution in [1.82, 2.24) is 14.6 Å². The van der Waals surface area contributed by atoms with E-state index in [0.29, 0.717) is 11.5 Å². The molecule has 0 saturated carbocycles. The van der Waals surface area contributed by atoms with Crippen molar-refractivity contribution < 1.29 is 13.2 Å². The predicted octanol–water partition coefficient (Wildman–Crippen LogP) is 1.63. The molecule has 88 valence electrons. The molecule has 2 rings (SSSR count). The second kappa shape index (κ2) is 4.26. The highest BCUT2D eigenvalue weighted by Gasteiger charge is 2.31. The Morgan fingerprint density at radius 3 is 2.50 bits per heavy atom. The number of nitrogens with zero attached hydrogens (tertiary/aromatic N) is 3. The molecule has 0 amide bonds. The van der Waals surface area contributed by atoms with Crippen molar-refractivity contribution in [3.05, 3.63) is 29.7 Å². The number of halogens is 4. The Morgan fingerprint density at radius 2 is 1.94 bits per heavy atom. The van der Waals surface area contributed by atoms with E-state index >= 15 is 0 Å². The topological polar surface area (TPSA) is 56.2 Å². The summed E-state index contributed by atoms with van der Waals surface area (Å²) < 4.78 is 38.4. The Balaban J connectivity index is 0.00000128. The summed E-state index contributed by atoms with van der Waals surface area (Å²) in [5.41, 5.74) is 4.92. The van der Waals surface area contributed by atoms with Crippen molar-refractivity contribution >= 4 is 18.1 Å². The molecule has 4 nitrogen and oxygen atoms in total. The van der Waals surface area contributed by atoms with Gasteiger partial charge in [0.05, 0.1) is 12.1 Å². The fourth-order valence-corrected chi connectivity index (χ4v) is 1.25. The van der Waals surface area contributed by atoms with E-state index in [1.165, 1.54) is 10.5 Å². The molecule has 0 saturated heterocycles. The van der Waals surface area contributed by atoms with Gasteiger partial charge in [0.2, 0.25) is 0 Å². The fraction of sp³-hybridized carbons (Fsp3) is 0.250. The molecule has 0 aliphatic rings. The zero-order chi connectivity index (χ0) is 11.1. The van der Waals surface area contributed by atoms with E-state index in [0.717, 1.165) is 12.3 Å². The predicted molar refractivity (Wildman–Crippen MR) is 53.1 cm³/mol. The lowest BCUT2D eigenvalue weighted by atomic mass is 10.3. The molecule has 0 unspecified atom stereocenters. The molecule has 16 heavy (non-hydrogen) atoms. The average Bonchev–Trinajstić information content (AvgIpc) is 2.57. The van der Waals surface area contributed by atoms with Gasteiger partial charge in [0.15, 0.2) is 11.5 Å². The fourth-order valence-electron chi connectivity index (χ4n) is 1.25. The van der Waals surface area contributed by atoms with Crippen LogP contribution in [0.5, 0.6) is 0 Å². The van der Waals surface area contributed by atoms with Crippen LogP contribution in [0.25, 0.3) is 5.65 Å². The van der Waals surface area contributed by atoms with Crippen LogP contribution < -0.4 is 5.73 Å². The van der Waals surface area contributed by atoms with Crippen molar-refractivity contribution in [3.8, 4) is 0 Å². The maximum Gasteiger partial charge on any atom is 0.417 e. The van der Waals surface area contributed by atoms with Crippen molar-refractivity contribution in [2.75, 3.05) is 0 Å². The molecule has 0 fully saturated rings. The van der Waals surface area contributed by atoms with Crippen molar-refractivity contribution in [2.45, 2.75) is 12.7 Å². The normalized spacial score (nSPS) is 11.5. The van der Waals surface area contributed by atoms with Gasteiger partial charge in [-0.25, -0.2) is 0 Å². The second-order valence-electron chi connectivity index (χ2n) is 2.96. The highest BCUT2D eigenvalue weighted by atomic mass is 35.5. The Bertz CT molecular complexity index is 493. The maximum absolute atomic E-state index is 12.4. The van der Waals surface area contributed by atoms with Crippen LogP contribution in [-0.2, 0) is 12.7 Å². The Labute approximate surface area is 94.7 Å². The van der Waals surface area contributed by atoms with Crippen molar-refractivity contribution in [2.24, 2.45) is 5.73 Å². The van der Waals surface area contributed by atoms with Gasteiger partial charge in [0.25, 0.3) is 0 Å². The molecule has 0 bridgehead atoms. The van der Waals surface area contributed by atoms with Crippen LogP contribution >= 0.6 is 12.4 Å². The van der Waals surface area contributed by atoms with E-state index in [1.54, 1.807) is 0 Å². The average molecular weight is 253 g/mol. The molecule has 2 aromatic rings. The lowest BCUT2D eigenvalue weighted by Gasteiger charge is -2.06. The minimum absolute atomic E-state index is 0. The maximum atomic E-state index is 12.4. The number of nitrogens with two attached hydrogens (primary N) is 1. The first-order valence-electron chi connectivity index (χ1n) is 4.13. The third kappa shape index (κ3) is 2.10. The van der Waals surface area contributed by atoms with Crippen LogP contribution in [0.2, 0.25) is 0 Å². The standard InChI is InChI=1S/C8H7F3N4.ClH/c9-8(10,11)5-1-2-6-13-14-7(3-12)15(6)4-5;/h1-2,4H,3,12H2;1H. The molecule has 0 radical (unpaired) electrons. The third-order valence-corrected chi connectivity index (χ3v) is 1.98. The van der Waals surface area contributed by atoms with Gasteiger partial charge in [0.1, 0.15) is 0 Å². The van der Waals surface area contributed by atoms with E-state index in [9.17, 15) is 13.2 Å². The SMILES string of the molecule is Cl.NCc1nnc2ccc(C(F)(F)F)cn12. The summed E-state index contributed by atoms with van der Waals surface area (Å²) in [7, 11) is 0. The van der Waals surface area contributed by atoms with Gasteiger partial charge < -0.3 is 5.73 Å². The van der Waals surface area contributed by atoms with Crippen LogP contribution in [0.1, 0.15) is 11.4 Å². The van der Waals surface area contributed by atoms with Gasteiger partial charge in [-0.3, -0.25) is 4.40 Å². The highest BCUT2D eigenvalue weighted by Crippen LogP contribution is 2.29. The molecule has 0 spiro atoms. The molecule has 0 atom stereocenters. The number of rotatable bonds is 1. The Hall–Kier alpha value is -1.34. The Morgan fingerprint density at radius 1 is 1.25 bits per heavy atom. The first-order chi connectivity index (χ1) is 7.02. The Kier molecular flexibility index (Phi) is 3.39. The molecule has 2 N–H and O–H groups in total. The van der Waals surface area contributed by atoms with Gasteiger partial charge in [-0.2, -0.15) is 13.2 Å². The lowest BCUT2D eigenvalue weighted by Crippen LogP contribution is -2.08. The van der Waals surface area contributed by atoms with E-state index in [-0.39, 0.29) is 19.0 Å². The van der Waals surface area contributed by atoms with E-state index in [2.05, 4.69) is 10.2 Å². The van der Waals surface area contributed by atoms with E-state index in [1.807, 2.05) is 0 Å². The summed E-state index contributed by atoms with van der Waals surface area (Å²) in [5, 5.41) is 7.34. The monoisotopic (exact) mass is 252 g/mol.